The normalized spacial score (nSPS) is 15.1. The Hall–Kier alpha value is -1.56. The van der Waals surface area contributed by atoms with E-state index in [0.717, 1.165) is 18.8 Å². The molecule has 1 aromatic heterocycles. The van der Waals surface area contributed by atoms with Crippen molar-refractivity contribution in [2.24, 2.45) is 0 Å². The van der Waals surface area contributed by atoms with E-state index in [2.05, 4.69) is 10.4 Å². The van der Waals surface area contributed by atoms with Crippen LogP contribution in [0.2, 0.25) is 10.0 Å². The van der Waals surface area contributed by atoms with Crippen LogP contribution in [-0.4, -0.2) is 46.8 Å². The van der Waals surface area contributed by atoms with Gasteiger partial charge >= 0.3 is 0 Å². The maximum Gasteiger partial charge on any atom is 0.274 e. The molecule has 1 amide bonds. The molecule has 0 radical (unpaired) electrons. The molecule has 0 aliphatic carbocycles. The van der Waals surface area contributed by atoms with Gasteiger partial charge in [0.05, 0.1) is 10.7 Å². The molecule has 116 valence electrons. The number of hydrogen-bond donors (Lipinski definition) is 1. The number of nitrogens with zero attached hydrogens (tertiary/aromatic N) is 3. The van der Waals surface area contributed by atoms with Gasteiger partial charge in [0.1, 0.15) is 0 Å². The third-order valence-corrected chi connectivity index (χ3v) is 4.19. The lowest BCUT2D eigenvalue weighted by molar-refractivity contribution is 0.0729. The lowest BCUT2D eigenvalue weighted by atomic mass is 10.3. The Morgan fingerprint density at radius 3 is 2.64 bits per heavy atom. The Kier molecular flexibility index (Phi) is 4.38. The van der Waals surface area contributed by atoms with Gasteiger partial charge in [-0.05, 0) is 31.2 Å². The number of carbonyl (C=O) groups excluding carboxylic acids is 1. The molecule has 1 aliphatic heterocycles. The summed E-state index contributed by atoms with van der Waals surface area (Å²) >= 11 is 12.1. The summed E-state index contributed by atoms with van der Waals surface area (Å²) in [5.74, 6) is -0.0477. The van der Waals surface area contributed by atoms with Crippen LogP contribution in [0.25, 0.3) is 5.69 Å². The maximum atomic E-state index is 12.5. The molecule has 22 heavy (non-hydrogen) atoms. The minimum atomic E-state index is -0.0477. The number of carbonyl (C=O) groups is 1. The maximum absolute atomic E-state index is 12.5. The number of benzene rings is 1. The van der Waals surface area contributed by atoms with Crippen LogP contribution in [0, 0.1) is 6.92 Å². The van der Waals surface area contributed by atoms with Gasteiger partial charge in [-0.25, -0.2) is 4.68 Å². The molecule has 5 nitrogen and oxygen atoms in total. The van der Waals surface area contributed by atoms with Crippen molar-refractivity contribution < 1.29 is 4.79 Å². The average molecular weight is 339 g/mol. The molecule has 1 N–H and O–H groups in total. The van der Waals surface area contributed by atoms with Crippen LogP contribution in [0.1, 0.15) is 16.2 Å². The van der Waals surface area contributed by atoms with Crippen molar-refractivity contribution in [3.05, 3.63) is 45.7 Å². The van der Waals surface area contributed by atoms with Crippen LogP contribution in [0.3, 0.4) is 0 Å². The van der Waals surface area contributed by atoms with Gasteiger partial charge in [0.2, 0.25) is 0 Å². The number of hydrogen-bond acceptors (Lipinski definition) is 3. The first-order valence-electron chi connectivity index (χ1n) is 7.08. The Bertz CT molecular complexity index is 708. The summed E-state index contributed by atoms with van der Waals surface area (Å²) in [6.45, 7) is 4.92. The van der Waals surface area contributed by atoms with Crippen LogP contribution in [0.4, 0.5) is 0 Å². The van der Waals surface area contributed by atoms with E-state index >= 15 is 0 Å². The Morgan fingerprint density at radius 1 is 1.23 bits per heavy atom. The van der Waals surface area contributed by atoms with E-state index in [1.807, 2.05) is 11.8 Å². The van der Waals surface area contributed by atoms with E-state index in [1.165, 1.54) is 0 Å². The van der Waals surface area contributed by atoms with E-state index in [-0.39, 0.29) is 5.91 Å². The largest absolute Gasteiger partial charge is 0.335 e. The second kappa shape index (κ2) is 6.28. The van der Waals surface area contributed by atoms with E-state index in [0.29, 0.717) is 34.5 Å². The van der Waals surface area contributed by atoms with Crippen molar-refractivity contribution in [3.63, 3.8) is 0 Å². The summed E-state index contributed by atoms with van der Waals surface area (Å²) in [7, 11) is 0. The van der Waals surface area contributed by atoms with Gasteiger partial charge in [-0.1, -0.05) is 23.2 Å². The Balaban J connectivity index is 1.91. The van der Waals surface area contributed by atoms with Gasteiger partial charge in [-0.2, -0.15) is 5.10 Å². The van der Waals surface area contributed by atoms with Crippen LogP contribution in [-0.2, 0) is 0 Å². The monoisotopic (exact) mass is 338 g/mol. The fourth-order valence-corrected chi connectivity index (χ4v) is 2.99. The van der Waals surface area contributed by atoms with Crippen molar-refractivity contribution >= 4 is 29.1 Å². The number of piperazine rings is 1. The fraction of sp³-hybridized carbons (Fsp3) is 0.333. The number of rotatable bonds is 2. The molecule has 0 atom stereocenters. The van der Waals surface area contributed by atoms with Crippen molar-refractivity contribution in [3.8, 4) is 5.69 Å². The zero-order valence-electron chi connectivity index (χ0n) is 12.1. The third-order valence-electron chi connectivity index (χ3n) is 3.65. The molecular weight excluding hydrogens is 323 g/mol. The van der Waals surface area contributed by atoms with Crippen LogP contribution < -0.4 is 5.32 Å². The molecule has 1 saturated heterocycles. The zero-order valence-corrected chi connectivity index (χ0v) is 13.7. The first-order valence-corrected chi connectivity index (χ1v) is 7.84. The quantitative estimate of drug-likeness (QED) is 0.915. The van der Waals surface area contributed by atoms with Gasteiger partial charge in [0, 0.05) is 36.9 Å². The standard InChI is InChI=1S/C15H16Cl2N4O/c1-10-8-13(15(22)20-6-4-18-5-7-20)19-21(10)14-3-2-11(16)9-12(14)17/h2-3,8-9,18H,4-7H2,1H3. The highest BCUT2D eigenvalue weighted by molar-refractivity contribution is 6.35. The van der Waals surface area contributed by atoms with E-state index in [4.69, 9.17) is 23.2 Å². The van der Waals surface area contributed by atoms with E-state index in [9.17, 15) is 4.79 Å². The van der Waals surface area contributed by atoms with Crippen molar-refractivity contribution in [2.75, 3.05) is 26.2 Å². The van der Waals surface area contributed by atoms with Gasteiger partial charge < -0.3 is 10.2 Å². The van der Waals surface area contributed by atoms with Gasteiger partial charge in [-0.3, -0.25) is 4.79 Å². The number of halogens is 2. The molecule has 3 rings (SSSR count). The predicted molar refractivity (Wildman–Crippen MR) is 87.1 cm³/mol. The molecule has 0 spiro atoms. The molecule has 7 heteroatoms. The Morgan fingerprint density at radius 2 is 1.95 bits per heavy atom. The SMILES string of the molecule is Cc1cc(C(=O)N2CCNCC2)nn1-c1ccc(Cl)cc1Cl. The minimum absolute atomic E-state index is 0.0477. The zero-order chi connectivity index (χ0) is 15.7. The second-order valence-corrected chi connectivity index (χ2v) is 6.06. The lowest BCUT2D eigenvalue weighted by Gasteiger charge is -2.26. The lowest BCUT2D eigenvalue weighted by Crippen LogP contribution is -2.46. The van der Waals surface area contributed by atoms with Crippen LogP contribution in [0.5, 0.6) is 0 Å². The fourth-order valence-electron chi connectivity index (χ4n) is 2.51. The summed E-state index contributed by atoms with van der Waals surface area (Å²) < 4.78 is 1.67. The first kappa shape index (κ1) is 15.3. The first-order chi connectivity index (χ1) is 10.6. The summed E-state index contributed by atoms with van der Waals surface area (Å²) in [6.07, 6.45) is 0. The average Bonchev–Trinajstić information content (AvgIpc) is 2.89. The summed E-state index contributed by atoms with van der Waals surface area (Å²) in [4.78, 5) is 14.3. The van der Waals surface area contributed by atoms with Crippen molar-refractivity contribution in [2.45, 2.75) is 6.92 Å². The molecule has 1 aliphatic rings. The van der Waals surface area contributed by atoms with Crippen LogP contribution >= 0.6 is 23.2 Å². The molecule has 2 aromatic rings. The van der Waals surface area contributed by atoms with Crippen LogP contribution in [0.15, 0.2) is 24.3 Å². The molecule has 0 saturated carbocycles. The van der Waals surface area contributed by atoms with E-state index in [1.54, 1.807) is 28.9 Å². The van der Waals surface area contributed by atoms with Crippen molar-refractivity contribution in [1.29, 1.82) is 0 Å². The number of aryl methyl sites for hydroxylation is 1. The van der Waals surface area contributed by atoms with Gasteiger partial charge in [0.25, 0.3) is 5.91 Å². The number of nitrogens with one attached hydrogen (secondary N) is 1. The molecule has 2 heterocycles. The highest BCUT2D eigenvalue weighted by Crippen LogP contribution is 2.25. The molecule has 0 unspecified atom stereocenters. The summed E-state index contributed by atoms with van der Waals surface area (Å²) in [5.41, 5.74) is 2.00. The predicted octanol–water partition coefficient (Wildman–Crippen LogP) is 2.53. The molecular formula is C15H16Cl2N4O. The minimum Gasteiger partial charge on any atom is -0.335 e. The third kappa shape index (κ3) is 2.97. The van der Waals surface area contributed by atoms with Gasteiger partial charge in [0.15, 0.2) is 5.69 Å². The smallest absolute Gasteiger partial charge is 0.274 e. The highest BCUT2D eigenvalue weighted by atomic mass is 35.5. The molecule has 1 fully saturated rings. The second-order valence-electron chi connectivity index (χ2n) is 5.22. The molecule has 0 bridgehead atoms. The number of aromatic nitrogens is 2. The molecule has 1 aromatic carbocycles. The van der Waals surface area contributed by atoms with Crippen molar-refractivity contribution in [1.82, 2.24) is 20.0 Å². The van der Waals surface area contributed by atoms with Gasteiger partial charge in [-0.15, -0.1) is 0 Å². The topological polar surface area (TPSA) is 50.2 Å². The summed E-state index contributed by atoms with van der Waals surface area (Å²) in [5, 5.41) is 8.72. The highest BCUT2D eigenvalue weighted by Gasteiger charge is 2.21. The number of amides is 1. The summed E-state index contributed by atoms with van der Waals surface area (Å²) in [6, 6.07) is 7.00. The Labute approximate surface area is 138 Å². The van der Waals surface area contributed by atoms with E-state index < -0.39 is 0 Å².